The van der Waals surface area contributed by atoms with Gasteiger partial charge in [-0.1, -0.05) is 0 Å². The molecule has 28 heavy (non-hydrogen) atoms. The van der Waals surface area contributed by atoms with E-state index in [0.717, 1.165) is 40.4 Å². The van der Waals surface area contributed by atoms with E-state index in [1.54, 1.807) is 25.6 Å². The zero-order valence-electron chi connectivity index (χ0n) is 15.7. The van der Waals surface area contributed by atoms with Crippen LogP contribution in [0.2, 0.25) is 0 Å². The van der Waals surface area contributed by atoms with Crippen LogP contribution < -0.4 is 26.3 Å². The van der Waals surface area contributed by atoms with E-state index in [0.29, 0.717) is 12.2 Å². The number of nitrogens with two attached hydrogens (primary N) is 2. The summed E-state index contributed by atoms with van der Waals surface area (Å²) in [6, 6.07) is 11.5. The predicted octanol–water partition coefficient (Wildman–Crippen LogP) is 4.73. The molecule has 0 saturated carbocycles. The van der Waals surface area contributed by atoms with Crippen LogP contribution in [0.4, 0.5) is 11.4 Å². The quantitative estimate of drug-likeness (QED) is 0.461. The highest BCUT2D eigenvalue weighted by molar-refractivity contribution is 7.08. The van der Waals surface area contributed by atoms with E-state index in [2.05, 4.69) is 16.1 Å². The highest BCUT2D eigenvalue weighted by Gasteiger charge is 2.10. The summed E-state index contributed by atoms with van der Waals surface area (Å²) in [6.45, 7) is 1.43. The number of anilines is 2. The topological polar surface area (TPSA) is 82.5 Å². The minimum absolute atomic E-state index is 0. The van der Waals surface area contributed by atoms with Crippen LogP contribution in [0.15, 0.2) is 47.2 Å². The molecule has 0 saturated heterocycles. The molecule has 2 aromatic carbocycles. The van der Waals surface area contributed by atoms with Gasteiger partial charge in [0.2, 0.25) is 0 Å². The molecule has 152 valence electrons. The van der Waals surface area contributed by atoms with Gasteiger partial charge in [0, 0.05) is 36.1 Å². The number of benzene rings is 2. The molecule has 1 aromatic heterocycles. The lowest BCUT2D eigenvalue weighted by atomic mass is 10.0. The molecule has 0 atom stereocenters. The zero-order chi connectivity index (χ0) is 18.5. The first-order chi connectivity index (χ1) is 12.6. The molecule has 1 heterocycles. The number of rotatable bonds is 7. The van der Waals surface area contributed by atoms with Gasteiger partial charge in [-0.05, 0) is 57.8 Å². The molecule has 3 aromatic rings. The second kappa shape index (κ2) is 11.0. The number of hydrogen-bond donors (Lipinski definition) is 3. The summed E-state index contributed by atoms with van der Waals surface area (Å²) < 4.78 is 10.6. The molecule has 0 amide bonds. The largest absolute Gasteiger partial charge is 0.497 e. The molecule has 0 spiro atoms. The summed E-state index contributed by atoms with van der Waals surface area (Å²) in [4.78, 5) is 0. The van der Waals surface area contributed by atoms with Crippen LogP contribution in [0.3, 0.4) is 0 Å². The molecule has 0 radical (unpaired) electrons. The fourth-order valence-electron chi connectivity index (χ4n) is 2.81. The number of thiophene rings is 1. The lowest BCUT2D eigenvalue weighted by Crippen LogP contribution is -2.13. The highest BCUT2D eigenvalue weighted by atomic mass is 35.5. The molecule has 0 bridgehead atoms. The lowest BCUT2D eigenvalue weighted by Gasteiger charge is -2.11. The van der Waals surface area contributed by atoms with Crippen molar-refractivity contribution < 1.29 is 9.47 Å². The van der Waals surface area contributed by atoms with Crippen LogP contribution in [-0.4, -0.2) is 14.2 Å². The third kappa shape index (κ3) is 5.69. The van der Waals surface area contributed by atoms with Gasteiger partial charge in [0.15, 0.2) is 0 Å². The van der Waals surface area contributed by atoms with Crippen LogP contribution in [0.25, 0.3) is 11.1 Å². The van der Waals surface area contributed by atoms with Crippen molar-refractivity contribution in [3.8, 4) is 22.6 Å². The fraction of sp³-hybridized carbons (Fsp3) is 0.200. The maximum Gasteiger partial charge on any atom is 0.122 e. The molecular formula is C20H25Cl2N3O2S. The Hall–Kier alpha value is -2.12. The maximum atomic E-state index is 6.13. The Morgan fingerprint density at radius 1 is 0.857 bits per heavy atom. The van der Waals surface area contributed by atoms with E-state index in [1.807, 2.05) is 36.4 Å². The standard InChI is InChI=1S/C20H23N3O2S.2ClH/c1-24-16-5-13(6-17(8-16)25-2)9-23-10-14-11-26-12-19(14)18-7-15(21)3-4-20(18)22;;/h3-8,11-12,23H,9-10,21-22H2,1-2H3;2*1H. The number of nitrogens with one attached hydrogen (secondary N) is 1. The van der Waals surface area contributed by atoms with Crippen LogP contribution >= 0.6 is 36.2 Å². The van der Waals surface area contributed by atoms with E-state index < -0.39 is 0 Å². The summed E-state index contributed by atoms with van der Waals surface area (Å²) in [5.74, 6) is 1.56. The van der Waals surface area contributed by atoms with E-state index in [4.69, 9.17) is 20.9 Å². The molecule has 0 unspecified atom stereocenters. The summed E-state index contributed by atoms with van der Waals surface area (Å²) in [5, 5.41) is 7.72. The van der Waals surface area contributed by atoms with E-state index >= 15 is 0 Å². The average molecular weight is 442 g/mol. The van der Waals surface area contributed by atoms with Gasteiger partial charge in [-0.15, -0.1) is 24.8 Å². The Balaban J connectivity index is 0.00000196. The second-order valence-electron chi connectivity index (χ2n) is 5.98. The summed E-state index contributed by atoms with van der Waals surface area (Å²) in [5.41, 5.74) is 17.9. The van der Waals surface area contributed by atoms with Gasteiger partial charge >= 0.3 is 0 Å². The van der Waals surface area contributed by atoms with Crippen LogP contribution in [0, 0.1) is 0 Å². The molecule has 5 nitrogen and oxygen atoms in total. The van der Waals surface area contributed by atoms with Crippen LogP contribution in [-0.2, 0) is 13.1 Å². The summed E-state index contributed by atoms with van der Waals surface area (Å²) >= 11 is 1.66. The first-order valence-corrected chi connectivity index (χ1v) is 9.18. The number of nitrogen functional groups attached to an aromatic ring is 2. The number of halogens is 2. The van der Waals surface area contributed by atoms with E-state index in [9.17, 15) is 0 Å². The predicted molar refractivity (Wildman–Crippen MR) is 123 cm³/mol. The van der Waals surface area contributed by atoms with Gasteiger partial charge in [-0.2, -0.15) is 11.3 Å². The molecule has 0 aliphatic carbocycles. The monoisotopic (exact) mass is 441 g/mol. The molecule has 0 aliphatic heterocycles. The number of hydrogen-bond acceptors (Lipinski definition) is 6. The molecule has 8 heteroatoms. The smallest absolute Gasteiger partial charge is 0.122 e. The third-order valence-corrected chi connectivity index (χ3v) is 4.96. The van der Waals surface area contributed by atoms with Crippen molar-refractivity contribution in [3.63, 3.8) is 0 Å². The van der Waals surface area contributed by atoms with Gasteiger partial charge in [0.1, 0.15) is 11.5 Å². The Bertz CT molecular complexity index is 881. The Morgan fingerprint density at radius 2 is 1.54 bits per heavy atom. The van der Waals surface area contributed by atoms with E-state index in [1.165, 1.54) is 5.56 Å². The third-order valence-electron chi connectivity index (χ3n) is 4.17. The summed E-state index contributed by atoms with van der Waals surface area (Å²) in [6.07, 6.45) is 0. The van der Waals surface area contributed by atoms with Crippen molar-refractivity contribution in [2.75, 3.05) is 25.7 Å². The average Bonchev–Trinajstić information content (AvgIpc) is 3.11. The maximum absolute atomic E-state index is 6.13. The number of ether oxygens (including phenoxy) is 2. The minimum Gasteiger partial charge on any atom is -0.497 e. The normalized spacial score (nSPS) is 9.93. The first-order valence-electron chi connectivity index (χ1n) is 8.24. The van der Waals surface area contributed by atoms with Crippen LogP contribution in [0.1, 0.15) is 11.1 Å². The second-order valence-corrected chi connectivity index (χ2v) is 6.73. The summed E-state index contributed by atoms with van der Waals surface area (Å²) in [7, 11) is 3.30. The molecule has 0 fully saturated rings. The van der Waals surface area contributed by atoms with Gasteiger partial charge in [0.05, 0.1) is 14.2 Å². The van der Waals surface area contributed by atoms with Crippen LogP contribution in [0.5, 0.6) is 11.5 Å². The molecule has 0 aliphatic rings. The van der Waals surface area contributed by atoms with Gasteiger partial charge in [-0.25, -0.2) is 0 Å². The Morgan fingerprint density at radius 3 is 2.18 bits per heavy atom. The van der Waals surface area contributed by atoms with Gasteiger partial charge in [0.25, 0.3) is 0 Å². The highest BCUT2D eigenvalue weighted by Crippen LogP contribution is 2.33. The fourth-order valence-corrected chi connectivity index (χ4v) is 3.67. The van der Waals surface area contributed by atoms with Gasteiger partial charge < -0.3 is 26.3 Å². The lowest BCUT2D eigenvalue weighted by molar-refractivity contribution is 0.393. The van der Waals surface area contributed by atoms with E-state index in [-0.39, 0.29) is 24.8 Å². The molecule has 5 N–H and O–H groups in total. The number of methoxy groups -OCH3 is 2. The Kier molecular flexibility index (Phi) is 9.41. The van der Waals surface area contributed by atoms with Crippen molar-refractivity contribution in [2.24, 2.45) is 0 Å². The van der Waals surface area contributed by atoms with Crippen molar-refractivity contribution in [1.29, 1.82) is 0 Å². The SMILES string of the molecule is COc1cc(CNCc2cscc2-c2cc(N)ccc2N)cc(OC)c1.Cl.Cl. The zero-order valence-corrected chi connectivity index (χ0v) is 18.2. The molecular weight excluding hydrogens is 417 g/mol. The van der Waals surface area contributed by atoms with Crippen molar-refractivity contribution in [1.82, 2.24) is 5.32 Å². The van der Waals surface area contributed by atoms with Crippen molar-refractivity contribution in [2.45, 2.75) is 13.1 Å². The molecule has 3 rings (SSSR count). The van der Waals surface area contributed by atoms with Crippen molar-refractivity contribution in [3.05, 3.63) is 58.3 Å². The Labute approximate surface area is 181 Å². The van der Waals surface area contributed by atoms with Gasteiger partial charge in [-0.3, -0.25) is 0 Å². The van der Waals surface area contributed by atoms with Crippen molar-refractivity contribution >= 4 is 47.5 Å². The first kappa shape index (κ1) is 23.9. The minimum atomic E-state index is 0.